The number of aryl methyl sites for hydroxylation is 2. The molecule has 1 aliphatic carbocycles. The molecule has 0 aliphatic heterocycles. The second-order valence-electron chi connectivity index (χ2n) is 5.41. The number of anilines is 2. The van der Waals surface area contributed by atoms with Gasteiger partial charge in [0, 0.05) is 17.4 Å². The van der Waals surface area contributed by atoms with Crippen molar-refractivity contribution in [1.29, 1.82) is 0 Å². The number of nitrogens with one attached hydrogen (secondary N) is 2. The molecule has 0 atom stereocenters. The van der Waals surface area contributed by atoms with Crippen molar-refractivity contribution in [3.05, 3.63) is 47.3 Å². The number of carbonyl (C=O) groups is 1. The highest BCUT2D eigenvalue weighted by Crippen LogP contribution is 2.20. The Morgan fingerprint density at radius 2 is 1.95 bits per heavy atom. The number of benzene rings is 1. The maximum atomic E-state index is 12.1. The highest BCUT2D eigenvalue weighted by Gasteiger charge is 2.24. The van der Waals surface area contributed by atoms with Crippen molar-refractivity contribution >= 4 is 17.5 Å². The van der Waals surface area contributed by atoms with E-state index in [2.05, 4.69) is 20.6 Å². The van der Waals surface area contributed by atoms with E-state index in [1.54, 1.807) is 6.07 Å². The number of nitrogens with zero attached hydrogens (tertiary/aromatic N) is 2. The normalized spacial score (nSPS) is 13.8. The standard InChI is InChI=1S/C16H18N4O/c1-10-5-3-4-6-13(10)19-16-17-11(2)9-14(20-16)15(21)18-12-7-8-12/h3-6,9,12H,7-8H2,1-2H3,(H,18,21)(H,17,19,20). The summed E-state index contributed by atoms with van der Waals surface area (Å²) in [5.74, 6) is 0.320. The number of para-hydroxylation sites is 1. The molecular weight excluding hydrogens is 264 g/mol. The maximum Gasteiger partial charge on any atom is 0.270 e. The molecule has 0 bridgehead atoms. The van der Waals surface area contributed by atoms with Crippen molar-refractivity contribution < 1.29 is 4.79 Å². The van der Waals surface area contributed by atoms with Crippen molar-refractivity contribution in [3.63, 3.8) is 0 Å². The van der Waals surface area contributed by atoms with Crippen LogP contribution >= 0.6 is 0 Å². The third kappa shape index (κ3) is 3.37. The molecule has 3 rings (SSSR count). The van der Waals surface area contributed by atoms with E-state index in [0.29, 0.717) is 17.7 Å². The minimum atomic E-state index is -0.129. The van der Waals surface area contributed by atoms with E-state index >= 15 is 0 Å². The predicted octanol–water partition coefficient (Wildman–Crippen LogP) is 2.73. The lowest BCUT2D eigenvalue weighted by molar-refractivity contribution is 0.0946. The summed E-state index contributed by atoms with van der Waals surface area (Å²) < 4.78 is 0. The summed E-state index contributed by atoms with van der Waals surface area (Å²) in [6.45, 7) is 3.87. The zero-order valence-corrected chi connectivity index (χ0v) is 12.2. The second kappa shape index (κ2) is 5.52. The maximum absolute atomic E-state index is 12.1. The number of aromatic nitrogens is 2. The van der Waals surface area contributed by atoms with Gasteiger partial charge in [-0.2, -0.15) is 0 Å². The molecule has 0 radical (unpaired) electrons. The van der Waals surface area contributed by atoms with Crippen LogP contribution in [0.1, 0.15) is 34.6 Å². The number of amides is 1. The average molecular weight is 282 g/mol. The molecule has 5 nitrogen and oxygen atoms in total. The van der Waals surface area contributed by atoms with Gasteiger partial charge in [-0.05, 0) is 44.4 Å². The fraction of sp³-hybridized carbons (Fsp3) is 0.312. The average Bonchev–Trinajstić information content (AvgIpc) is 3.25. The Balaban J connectivity index is 1.83. The van der Waals surface area contributed by atoms with Gasteiger partial charge in [-0.3, -0.25) is 4.79 Å². The van der Waals surface area contributed by atoms with Crippen molar-refractivity contribution in [1.82, 2.24) is 15.3 Å². The first-order valence-corrected chi connectivity index (χ1v) is 7.11. The van der Waals surface area contributed by atoms with Gasteiger partial charge in [0.15, 0.2) is 0 Å². The number of hydrogen-bond donors (Lipinski definition) is 2. The number of carbonyl (C=O) groups excluding carboxylic acids is 1. The van der Waals surface area contributed by atoms with Crippen molar-refractivity contribution in [2.45, 2.75) is 32.7 Å². The molecule has 1 aromatic carbocycles. The van der Waals surface area contributed by atoms with Gasteiger partial charge >= 0.3 is 0 Å². The summed E-state index contributed by atoms with van der Waals surface area (Å²) in [6, 6.07) is 9.93. The van der Waals surface area contributed by atoms with Crippen LogP contribution in [-0.2, 0) is 0 Å². The highest BCUT2D eigenvalue weighted by molar-refractivity contribution is 5.93. The molecule has 1 amide bonds. The summed E-state index contributed by atoms with van der Waals surface area (Å²) in [6.07, 6.45) is 2.12. The molecule has 0 saturated heterocycles. The molecule has 108 valence electrons. The minimum absolute atomic E-state index is 0.129. The smallest absolute Gasteiger partial charge is 0.270 e. The van der Waals surface area contributed by atoms with Crippen LogP contribution in [0.5, 0.6) is 0 Å². The van der Waals surface area contributed by atoms with Gasteiger partial charge in [0.1, 0.15) is 5.69 Å². The van der Waals surface area contributed by atoms with Crippen LogP contribution in [0.15, 0.2) is 30.3 Å². The van der Waals surface area contributed by atoms with Crippen molar-refractivity contribution in [2.24, 2.45) is 0 Å². The van der Waals surface area contributed by atoms with Crippen LogP contribution in [0.4, 0.5) is 11.6 Å². The first-order valence-electron chi connectivity index (χ1n) is 7.11. The molecule has 1 heterocycles. The Labute approximate surface area is 123 Å². The van der Waals surface area contributed by atoms with E-state index in [9.17, 15) is 4.79 Å². The van der Waals surface area contributed by atoms with Crippen LogP contribution in [0.25, 0.3) is 0 Å². The molecule has 0 spiro atoms. The fourth-order valence-electron chi connectivity index (χ4n) is 2.06. The zero-order valence-electron chi connectivity index (χ0n) is 12.2. The van der Waals surface area contributed by atoms with Gasteiger partial charge in [-0.1, -0.05) is 18.2 Å². The first-order chi connectivity index (χ1) is 10.1. The summed E-state index contributed by atoms with van der Waals surface area (Å²) >= 11 is 0. The molecule has 21 heavy (non-hydrogen) atoms. The first kappa shape index (κ1) is 13.5. The van der Waals surface area contributed by atoms with E-state index in [0.717, 1.165) is 29.8 Å². The van der Waals surface area contributed by atoms with E-state index in [-0.39, 0.29) is 5.91 Å². The number of rotatable bonds is 4. The molecule has 1 fully saturated rings. The highest BCUT2D eigenvalue weighted by atomic mass is 16.2. The van der Waals surface area contributed by atoms with Crippen LogP contribution in [0, 0.1) is 13.8 Å². The summed E-state index contributed by atoms with van der Waals surface area (Å²) in [5.41, 5.74) is 3.22. The quantitative estimate of drug-likeness (QED) is 0.905. The van der Waals surface area contributed by atoms with Gasteiger partial charge in [-0.15, -0.1) is 0 Å². The SMILES string of the molecule is Cc1cc(C(=O)NC2CC2)nc(Nc2ccccc2C)n1. The largest absolute Gasteiger partial charge is 0.348 e. The van der Waals surface area contributed by atoms with Crippen LogP contribution in [0.2, 0.25) is 0 Å². The molecule has 0 unspecified atom stereocenters. The van der Waals surface area contributed by atoms with Crippen LogP contribution < -0.4 is 10.6 Å². The minimum Gasteiger partial charge on any atom is -0.348 e. The Morgan fingerprint density at radius 1 is 1.19 bits per heavy atom. The van der Waals surface area contributed by atoms with Gasteiger partial charge in [0.25, 0.3) is 5.91 Å². The summed E-state index contributed by atoms with van der Waals surface area (Å²) in [4.78, 5) is 20.8. The number of hydrogen-bond acceptors (Lipinski definition) is 4. The third-order valence-electron chi connectivity index (χ3n) is 3.39. The van der Waals surface area contributed by atoms with Gasteiger partial charge < -0.3 is 10.6 Å². The second-order valence-corrected chi connectivity index (χ2v) is 5.41. The molecule has 2 aromatic rings. The molecule has 1 aromatic heterocycles. The van der Waals surface area contributed by atoms with Gasteiger partial charge in [-0.25, -0.2) is 9.97 Å². The Kier molecular flexibility index (Phi) is 3.56. The monoisotopic (exact) mass is 282 g/mol. The predicted molar refractivity (Wildman–Crippen MR) is 81.7 cm³/mol. The Hall–Kier alpha value is -2.43. The van der Waals surface area contributed by atoms with E-state index < -0.39 is 0 Å². The topological polar surface area (TPSA) is 66.9 Å². The lowest BCUT2D eigenvalue weighted by atomic mass is 10.2. The Morgan fingerprint density at radius 3 is 2.67 bits per heavy atom. The van der Waals surface area contributed by atoms with E-state index in [4.69, 9.17) is 0 Å². The van der Waals surface area contributed by atoms with Crippen molar-refractivity contribution in [2.75, 3.05) is 5.32 Å². The Bertz CT molecular complexity index is 680. The summed E-state index contributed by atoms with van der Waals surface area (Å²) in [7, 11) is 0. The van der Waals surface area contributed by atoms with Crippen molar-refractivity contribution in [3.8, 4) is 0 Å². The zero-order chi connectivity index (χ0) is 14.8. The fourth-order valence-corrected chi connectivity index (χ4v) is 2.06. The lowest BCUT2D eigenvalue weighted by Crippen LogP contribution is -2.26. The van der Waals surface area contributed by atoms with Gasteiger partial charge in [0.2, 0.25) is 5.95 Å². The molecule has 1 aliphatic rings. The summed E-state index contributed by atoms with van der Waals surface area (Å²) in [5, 5.41) is 6.12. The van der Waals surface area contributed by atoms with E-state index in [1.807, 2.05) is 38.1 Å². The molecule has 1 saturated carbocycles. The third-order valence-corrected chi connectivity index (χ3v) is 3.39. The lowest BCUT2D eigenvalue weighted by Gasteiger charge is -2.10. The molecule has 2 N–H and O–H groups in total. The van der Waals surface area contributed by atoms with Gasteiger partial charge in [0.05, 0.1) is 0 Å². The molecule has 5 heteroatoms. The van der Waals surface area contributed by atoms with Crippen LogP contribution in [0.3, 0.4) is 0 Å². The van der Waals surface area contributed by atoms with Crippen LogP contribution in [-0.4, -0.2) is 21.9 Å². The molecular formula is C16H18N4O. The van der Waals surface area contributed by atoms with E-state index in [1.165, 1.54) is 0 Å².